The van der Waals surface area contributed by atoms with Gasteiger partial charge in [0.1, 0.15) is 16.3 Å². The van der Waals surface area contributed by atoms with Crippen molar-refractivity contribution in [3.05, 3.63) is 64.6 Å². The lowest BCUT2D eigenvalue weighted by Gasteiger charge is -2.28. The predicted octanol–water partition coefficient (Wildman–Crippen LogP) is 7.12. The molecule has 37 heavy (non-hydrogen) atoms. The van der Waals surface area contributed by atoms with Crippen molar-refractivity contribution in [1.29, 1.82) is 0 Å². The molecule has 1 unspecified atom stereocenters. The maximum absolute atomic E-state index is 12.5. The Kier molecular flexibility index (Phi) is 6.30. The number of thiazole rings is 1. The molecule has 3 aromatic heterocycles. The average molecular weight is 535 g/mol. The zero-order valence-electron chi connectivity index (χ0n) is 21.5. The first-order valence-corrected chi connectivity index (χ1v) is 13.0. The predicted molar refractivity (Wildman–Crippen MR) is 148 cm³/mol. The van der Waals surface area contributed by atoms with Crippen LogP contribution in [0.5, 0.6) is 0 Å². The molecule has 2 aromatic carbocycles. The highest BCUT2D eigenvalue weighted by Crippen LogP contribution is 2.44. The topological polar surface area (TPSA) is 90.1 Å². The molecular weight excluding hydrogens is 508 g/mol. The van der Waals surface area contributed by atoms with E-state index in [1.165, 1.54) is 11.3 Å². The van der Waals surface area contributed by atoms with Crippen LogP contribution in [0.25, 0.3) is 43.1 Å². The van der Waals surface area contributed by atoms with Gasteiger partial charge in [-0.1, -0.05) is 23.7 Å². The Morgan fingerprint density at radius 1 is 1.08 bits per heavy atom. The molecule has 0 aliphatic heterocycles. The summed E-state index contributed by atoms with van der Waals surface area (Å²) in [7, 11) is 1.94. The SMILES string of the molecule is Cc1cc2nc(-c3cnc4c(c3)nc(C)n4C)sc2c(-c2ccc(Cl)cc2)c1C(OC(C)(C)C)C(=O)O. The molecule has 5 aromatic rings. The maximum Gasteiger partial charge on any atom is 0.337 e. The van der Waals surface area contributed by atoms with Gasteiger partial charge in [-0.2, -0.15) is 0 Å². The number of aliphatic carboxylic acids is 1. The molecule has 3 heterocycles. The van der Waals surface area contributed by atoms with E-state index in [0.29, 0.717) is 10.6 Å². The van der Waals surface area contributed by atoms with Gasteiger partial charge in [-0.25, -0.2) is 19.7 Å². The van der Waals surface area contributed by atoms with Crippen LogP contribution in [0.4, 0.5) is 0 Å². The summed E-state index contributed by atoms with van der Waals surface area (Å²) in [6.45, 7) is 9.41. The Labute approximate surface area is 223 Å². The molecule has 0 aliphatic rings. The van der Waals surface area contributed by atoms with Crippen LogP contribution in [0, 0.1) is 13.8 Å². The van der Waals surface area contributed by atoms with E-state index in [9.17, 15) is 9.90 Å². The number of halogens is 1. The number of fused-ring (bicyclic) bond motifs is 2. The molecule has 0 amide bonds. The van der Waals surface area contributed by atoms with Crippen molar-refractivity contribution in [3.63, 3.8) is 0 Å². The lowest BCUT2D eigenvalue weighted by Crippen LogP contribution is -2.28. The largest absolute Gasteiger partial charge is 0.479 e. The first kappa shape index (κ1) is 25.3. The molecule has 0 fully saturated rings. The fourth-order valence-electron chi connectivity index (χ4n) is 4.47. The van der Waals surface area contributed by atoms with E-state index in [4.69, 9.17) is 21.3 Å². The van der Waals surface area contributed by atoms with Crippen LogP contribution in [0.2, 0.25) is 5.02 Å². The number of carboxylic acids is 1. The molecule has 0 saturated carbocycles. The molecule has 1 N–H and O–H groups in total. The Balaban J connectivity index is 1.78. The molecule has 190 valence electrons. The normalized spacial score (nSPS) is 12.9. The number of aryl methyl sites for hydroxylation is 3. The van der Waals surface area contributed by atoms with Crippen LogP contribution in [0.1, 0.15) is 43.8 Å². The zero-order valence-corrected chi connectivity index (χ0v) is 23.0. The highest BCUT2D eigenvalue weighted by Gasteiger charge is 2.32. The maximum atomic E-state index is 12.5. The number of ether oxygens (including phenoxy) is 1. The van der Waals surface area contributed by atoms with Gasteiger partial charge in [0.2, 0.25) is 0 Å². The van der Waals surface area contributed by atoms with Gasteiger partial charge in [-0.3, -0.25) is 0 Å². The number of imidazole rings is 1. The Bertz CT molecular complexity index is 1670. The minimum atomic E-state index is -1.16. The average Bonchev–Trinajstić information content (AvgIpc) is 3.36. The molecule has 0 saturated heterocycles. The molecule has 0 radical (unpaired) electrons. The standard InChI is InChI=1S/C28H27ClN4O3S/c1-14-11-19-24(37-26(32-19)17-12-20-25(30-13-17)33(6)15(2)31-20)22(16-7-9-18(29)10-8-16)21(14)23(27(34)35)36-28(3,4)5/h7-13,23H,1-6H3,(H,34,35). The number of nitrogens with zero attached hydrogens (tertiary/aromatic N) is 4. The zero-order chi connectivity index (χ0) is 26.6. The lowest BCUT2D eigenvalue weighted by atomic mass is 9.91. The van der Waals surface area contributed by atoms with Crippen LogP contribution in [-0.2, 0) is 16.6 Å². The number of carbonyl (C=O) groups is 1. The third-order valence-electron chi connectivity index (χ3n) is 6.20. The van der Waals surface area contributed by atoms with E-state index in [2.05, 4.69) is 9.97 Å². The second-order valence-electron chi connectivity index (χ2n) is 10.1. The van der Waals surface area contributed by atoms with Gasteiger partial charge in [0.15, 0.2) is 11.8 Å². The number of hydrogen-bond acceptors (Lipinski definition) is 6. The first-order valence-electron chi connectivity index (χ1n) is 11.8. The van der Waals surface area contributed by atoms with Crippen molar-refractivity contribution in [2.75, 3.05) is 0 Å². The lowest BCUT2D eigenvalue weighted by molar-refractivity contribution is -0.160. The van der Waals surface area contributed by atoms with Crippen molar-refractivity contribution in [2.24, 2.45) is 7.05 Å². The molecule has 5 rings (SSSR count). The molecule has 9 heteroatoms. The van der Waals surface area contributed by atoms with Crippen LogP contribution in [-0.4, -0.2) is 36.2 Å². The molecule has 7 nitrogen and oxygen atoms in total. The Morgan fingerprint density at radius 3 is 2.43 bits per heavy atom. The van der Waals surface area contributed by atoms with E-state index in [1.807, 2.05) is 70.5 Å². The van der Waals surface area contributed by atoms with Gasteiger partial charge in [0.05, 0.1) is 15.8 Å². The summed E-state index contributed by atoms with van der Waals surface area (Å²) in [5.41, 5.74) is 5.62. The van der Waals surface area contributed by atoms with Gasteiger partial charge >= 0.3 is 5.97 Å². The Morgan fingerprint density at radius 2 is 1.78 bits per heavy atom. The van der Waals surface area contributed by atoms with E-state index in [0.717, 1.165) is 54.5 Å². The van der Waals surface area contributed by atoms with Crippen LogP contribution in [0.3, 0.4) is 0 Å². The van der Waals surface area contributed by atoms with Crippen LogP contribution < -0.4 is 0 Å². The molecule has 0 aliphatic carbocycles. The van der Waals surface area contributed by atoms with Crippen molar-refractivity contribution in [3.8, 4) is 21.7 Å². The monoisotopic (exact) mass is 534 g/mol. The van der Waals surface area contributed by atoms with Crippen LogP contribution >= 0.6 is 22.9 Å². The minimum Gasteiger partial charge on any atom is -0.479 e. The number of carboxylic acid groups (broad SMARTS) is 1. The Hall–Kier alpha value is -3.33. The van der Waals surface area contributed by atoms with E-state index >= 15 is 0 Å². The van der Waals surface area contributed by atoms with Gasteiger partial charge in [0, 0.05) is 35.0 Å². The number of pyridine rings is 1. The highest BCUT2D eigenvalue weighted by molar-refractivity contribution is 7.22. The third-order valence-corrected chi connectivity index (χ3v) is 7.59. The fourth-order valence-corrected chi connectivity index (χ4v) is 5.70. The summed E-state index contributed by atoms with van der Waals surface area (Å²) in [5, 5.41) is 11.6. The minimum absolute atomic E-state index is 0.602. The number of benzene rings is 2. The van der Waals surface area contributed by atoms with E-state index in [-0.39, 0.29) is 0 Å². The molecule has 0 spiro atoms. The van der Waals surface area contributed by atoms with Crippen molar-refractivity contribution < 1.29 is 14.6 Å². The summed E-state index contributed by atoms with van der Waals surface area (Å²) in [5.74, 6) is -0.162. The third kappa shape index (κ3) is 4.72. The second kappa shape index (κ2) is 9.20. The summed E-state index contributed by atoms with van der Waals surface area (Å²) in [6.07, 6.45) is 0.648. The van der Waals surface area contributed by atoms with E-state index in [1.54, 1.807) is 18.3 Å². The number of rotatable bonds is 5. The summed E-state index contributed by atoms with van der Waals surface area (Å²) in [4.78, 5) is 26.7. The van der Waals surface area contributed by atoms with Gasteiger partial charge in [-0.05, 0) is 70.0 Å². The quantitative estimate of drug-likeness (QED) is 0.258. The van der Waals surface area contributed by atoms with Crippen molar-refractivity contribution in [2.45, 2.75) is 46.3 Å². The van der Waals surface area contributed by atoms with Gasteiger partial charge < -0.3 is 14.4 Å². The van der Waals surface area contributed by atoms with Gasteiger partial charge in [-0.15, -0.1) is 11.3 Å². The summed E-state index contributed by atoms with van der Waals surface area (Å²) < 4.78 is 8.92. The summed E-state index contributed by atoms with van der Waals surface area (Å²) in [6, 6.07) is 11.3. The fraction of sp³-hybridized carbons (Fsp3) is 0.286. The smallest absolute Gasteiger partial charge is 0.337 e. The first-order chi connectivity index (χ1) is 17.4. The molecule has 1 atom stereocenters. The second-order valence-corrected chi connectivity index (χ2v) is 11.5. The number of aromatic nitrogens is 4. The molecular formula is C28H27ClN4O3S. The molecule has 0 bridgehead atoms. The van der Waals surface area contributed by atoms with Gasteiger partial charge in [0.25, 0.3) is 0 Å². The summed E-state index contributed by atoms with van der Waals surface area (Å²) >= 11 is 7.69. The van der Waals surface area contributed by atoms with E-state index < -0.39 is 17.7 Å². The number of hydrogen-bond donors (Lipinski definition) is 1. The highest BCUT2D eigenvalue weighted by atomic mass is 35.5. The van der Waals surface area contributed by atoms with Crippen LogP contribution in [0.15, 0.2) is 42.6 Å². The van der Waals surface area contributed by atoms with Crippen molar-refractivity contribution in [1.82, 2.24) is 19.5 Å². The van der Waals surface area contributed by atoms with Crippen molar-refractivity contribution >= 4 is 50.3 Å².